The fourth-order valence-corrected chi connectivity index (χ4v) is 3.06. The predicted octanol–water partition coefficient (Wildman–Crippen LogP) is 0.123. The van der Waals surface area contributed by atoms with Gasteiger partial charge in [0.05, 0.1) is 18.9 Å². The number of carbonyl (C=O) groups excluding carboxylic acids is 1. The molecular formula is C15H20N4O3. The zero-order valence-corrected chi connectivity index (χ0v) is 12.4. The molecule has 7 heteroatoms. The smallest absolute Gasteiger partial charge is 0.150 e. The lowest BCUT2D eigenvalue weighted by atomic mass is 9.93. The number of ether oxygens (including phenoxy) is 1. The molecule has 0 aromatic carbocycles. The second-order valence-electron chi connectivity index (χ2n) is 5.84. The number of hydrogen-bond acceptors (Lipinski definition) is 7. The molecule has 0 saturated carbocycles. The first kappa shape index (κ1) is 14.9. The highest BCUT2D eigenvalue weighted by molar-refractivity contribution is 6.52. The molecule has 2 N–H and O–H groups in total. The van der Waals surface area contributed by atoms with E-state index in [1.165, 1.54) is 6.08 Å². The molecular weight excluding hydrogens is 284 g/mol. The Morgan fingerprint density at radius 3 is 2.73 bits per heavy atom. The topological polar surface area (TPSA) is 89.2 Å². The summed E-state index contributed by atoms with van der Waals surface area (Å²) in [5.74, 6) is 0.562. The van der Waals surface area contributed by atoms with Crippen molar-refractivity contribution in [3.8, 4) is 0 Å². The first-order valence-electron chi connectivity index (χ1n) is 7.46. The molecule has 2 aliphatic heterocycles. The van der Waals surface area contributed by atoms with Gasteiger partial charge in [-0.15, -0.1) is 0 Å². The fraction of sp³-hybridized carbons (Fsp3) is 0.533. The van der Waals surface area contributed by atoms with Crippen molar-refractivity contribution in [1.82, 2.24) is 9.80 Å². The minimum Gasteiger partial charge on any atom is -0.410 e. The highest BCUT2D eigenvalue weighted by Crippen LogP contribution is 2.26. The second-order valence-corrected chi connectivity index (χ2v) is 5.84. The van der Waals surface area contributed by atoms with Gasteiger partial charge in [0.2, 0.25) is 0 Å². The number of allylic oxidation sites excluding steroid dienone is 4. The van der Waals surface area contributed by atoms with Crippen LogP contribution in [0, 0.1) is 11.3 Å². The second kappa shape index (κ2) is 6.41. The molecule has 0 atom stereocenters. The van der Waals surface area contributed by atoms with Gasteiger partial charge in [-0.05, 0) is 12.2 Å². The molecule has 118 valence electrons. The Bertz CT molecular complexity index is 555. The SMILES string of the molecule is N=C1C(N2CC(CN3CCOCC3)C2)=CC(C=O)=C/C1=N/O. The van der Waals surface area contributed by atoms with E-state index in [0.717, 1.165) is 45.9 Å². The van der Waals surface area contributed by atoms with Gasteiger partial charge in [0.15, 0.2) is 0 Å². The number of rotatable bonds is 4. The van der Waals surface area contributed by atoms with E-state index in [0.29, 0.717) is 23.5 Å². The van der Waals surface area contributed by atoms with Gasteiger partial charge in [0, 0.05) is 44.2 Å². The zero-order valence-electron chi connectivity index (χ0n) is 12.4. The molecule has 0 aromatic heterocycles. The Kier molecular flexibility index (Phi) is 4.35. The normalized spacial score (nSPS) is 25.7. The first-order chi connectivity index (χ1) is 10.7. The Balaban J connectivity index is 1.59. The minimum atomic E-state index is 0.135. The summed E-state index contributed by atoms with van der Waals surface area (Å²) in [6.45, 7) is 6.32. The van der Waals surface area contributed by atoms with E-state index in [-0.39, 0.29) is 11.4 Å². The van der Waals surface area contributed by atoms with Crippen LogP contribution in [0.2, 0.25) is 0 Å². The van der Waals surface area contributed by atoms with Gasteiger partial charge in [0.1, 0.15) is 17.7 Å². The molecule has 0 radical (unpaired) electrons. The standard InChI is InChI=1S/C15H20N4O3/c16-15-13(17-21)5-11(10-20)6-14(15)19-8-12(9-19)7-18-1-3-22-4-2-18/h5-6,10,12,16,21H,1-4,7-9H2/b16-15?,17-13-. The fourth-order valence-electron chi connectivity index (χ4n) is 3.06. The maximum atomic E-state index is 11.0. The van der Waals surface area contributed by atoms with E-state index in [2.05, 4.69) is 15.0 Å². The number of nitrogens with one attached hydrogen (secondary N) is 1. The largest absolute Gasteiger partial charge is 0.410 e. The summed E-state index contributed by atoms with van der Waals surface area (Å²) in [5.41, 5.74) is 1.39. The number of oxime groups is 1. The van der Waals surface area contributed by atoms with Gasteiger partial charge >= 0.3 is 0 Å². The average molecular weight is 304 g/mol. The molecule has 2 saturated heterocycles. The maximum Gasteiger partial charge on any atom is 0.150 e. The maximum absolute atomic E-state index is 11.0. The summed E-state index contributed by atoms with van der Waals surface area (Å²) >= 11 is 0. The van der Waals surface area contributed by atoms with Crippen molar-refractivity contribution in [2.24, 2.45) is 11.1 Å². The summed E-state index contributed by atoms with van der Waals surface area (Å²) in [4.78, 5) is 15.4. The van der Waals surface area contributed by atoms with E-state index in [1.54, 1.807) is 6.08 Å². The van der Waals surface area contributed by atoms with Crippen LogP contribution in [0.15, 0.2) is 28.6 Å². The van der Waals surface area contributed by atoms with E-state index in [9.17, 15) is 4.79 Å². The molecule has 0 unspecified atom stereocenters. The van der Waals surface area contributed by atoms with Gasteiger partial charge in [0.25, 0.3) is 0 Å². The van der Waals surface area contributed by atoms with Gasteiger partial charge < -0.3 is 14.8 Å². The van der Waals surface area contributed by atoms with Gasteiger partial charge in [-0.2, -0.15) is 0 Å². The van der Waals surface area contributed by atoms with Crippen LogP contribution < -0.4 is 0 Å². The van der Waals surface area contributed by atoms with Crippen molar-refractivity contribution >= 4 is 17.7 Å². The lowest BCUT2D eigenvalue weighted by Gasteiger charge is -2.45. The zero-order chi connectivity index (χ0) is 15.5. The van der Waals surface area contributed by atoms with Crippen LogP contribution in [-0.2, 0) is 9.53 Å². The Morgan fingerprint density at radius 2 is 2.09 bits per heavy atom. The van der Waals surface area contributed by atoms with Crippen molar-refractivity contribution in [2.75, 3.05) is 45.9 Å². The van der Waals surface area contributed by atoms with Crippen LogP contribution in [0.25, 0.3) is 0 Å². The highest BCUT2D eigenvalue weighted by Gasteiger charge is 2.33. The quantitative estimate of drug-likeness (QED) is 0.333. The monoisotopic (exact) mass is 304 g/mol. The average Bonchev–Trinajstić information content (AvgIpc) is 2.52. The summed E-state index contributed by atoms with van der Waals surface area (Å²) < 4.78 is 5.35. The summed E-state index contributed by atoms with van der Waals surface area (Å²) in [6, 6.07) is 0. The number of morpholine rings is 1. The summed E-state index contributed by atoms with van der Waals surface area (Å²) in [7, 11) is 0. The van der Waals surface area contributed by atoms with E-state index in [1.807, 2.05) is 0 Å². The summed E-state index contributed by atoms with van der Waals surface area (Å²) in [5, 5.41) is 20.1. The van der Waals surface area contributed by atoms with Crippen molar-refractivity contribution in [2.45, 2.75) is 0 Å². The van der Waals surface area contributed by atoms with Crippen LogP contribution in [0.1, 0.15) is 0 Å². The Hall–Kier alpha value is -1.99. The number of aldehydes is 1. The molecule has 0 amide bonds. The summed E-state index contributed by atoms with van der Waals surface area (Å²) in [6.07, 6.45) is 3.82. The molecule has 0 bridgehead atoms. The predicted molar refractivity (Wildman–Crippen MR) is 81.5 cm³/mol. The molecule has 7 nitrogen and oxygen atoms in total. The Morgan fingerprint density at radius 1 is 1.36 bits per heavy atom. The van der Waals surface area contributed by atoms with Crippen molar-refractivity contribution in [1.29, 1.82) is 5.41 Å². The van der Waals surface area contributed by atoms with Crippen LogP contribution in [0.3, 0.4) is 0 Å². The molecule has 3 rings (SSSR count). The molecule has 2 heterocycles. The van der Waals surface area contributed by atoms with E-state index in [4.69, 9.17) is 15.4 Å². The van der Waals surface area contributed by atoms with E-state index < -0.39 is 0 Å². The molecule has 22 heavy (non-hydrogen) atoms. The van der Waals surface area contributed by atoms with Crippen LogP contribution in [0.4, 0.5) is 0 Å². The van der Waals surface area contributed by atoms with Gasteiger partial charge in [-0.1, -0.05) is 5.16 Å². The third-order valence-electron chi connectivity index (χ3n) is 4.28. The van der Waals surface area contributed by atoms with Gasteiger partial charge in [-0.3, -0.25) is 15.1 Å². The van der Waals surface area contributed by atoms with Crippen LogP contribution in [0.5, 0.6) is 0 Å². The van der Waals surface area contributed by atoms with Crippen molar-refractivity contribution < 1.29 is 14.7 Å². The molecule has 0 spiro atoms. The number of hydrogen-bond donors (Lipinski definition) is 2. The Labute approximate surface area is 129 Å². The highest BCUT2D eigenvalue weighted by atomic mass is 16.5. The number of nitrogens with zero attached hydrogens (tertiary/aromatic N) is 3. The third-order valence-corrected chi connectivity index (χ3v) is 4.28. The lowest BCUT2D eigenvalue weighted by molar-refractivity contribution is -0.104. The molecule has 0 aromatic rings. The molecule has 2 fully saturated rings. The van der Waals surface area contributed by atoms with Crippen molar-refractivity contribution in [3.05, 3.63) is 23.4 Å². The van der Waals surface area contributed by atoms with Gasteiger partial charge in [-0.25, -0.2) is 0 Å². The van der Waals surface area contributed by atoms with E-state index >= 15 is 0 Å². The first-order valence-corrected chi connectivity index (χ1v) is 7.46. The van der Waals surface area contributed by atoms with Crippen LogP contribution >= 0.6 is 0 Å². The molecule has 1 aliphatic carbocycles. The number of carbonyl (C=O) groups is 1. The number of likely N-dealkylation sites (tertiary alicyclic amines) is 1. The van der Waals surface area contributed by atoms with Crippen LogP contribution in [-0.4, -0.2) is 78.7 Å². The third kappa shape index (κ3) is 2.95. The van der Waals surface area contributed by atoms with Crippen molar-refractivity contribution in [3.63, 3.8) is 0 Å². The lowest BCUT2D eigenvalue weighted by Crippen LogP contribution is -2.53. The minimum absolute atomic E-state index is 0.135. The molecule has 3 aliphatic rings.